The first-order chi connectivity index (χ1) is 6.39. The van der Waals surface area contributed by atoms with Gasteiger partial charge in [0.05, 0.1) is 0 Å². The van der Waals surface area contributed by atoms with Crippen LogP contribution in [0.3, 0.4) is 0 Å². The van der Waals surface area contributed by atoms with Gasteiger partial charge in [-0.05, 0) is 25.0 Å². The van der Waals surface area contributed by atoms with E-state index < -0.39 is 0 Å². The fourth-order valence-electron chi connectivity index (χ4n) is 1.17. The van der Waals surface area contributed by atoms with Crippen LogP contribution in [0.4, 0.5) is 0 Å². The lowest BCUT2D eigenvalue weighted by molar-refractivity contribution is 0.392. The number of halogens is 1. The van der Waals surface area contributed by atoms with E-state index in [2.05, 4.69) is 25.1 Å². The van der Waals surface area contributed by atoms with Crippen molar-refractivity contribution in [1.82, 2.24) is 8.91 Å². The van der Waals surface area contributed by atoms with Crippen molar-refractivity contribution in [1.29, 1.82) is 0 Å². The molecule has 1 saturated heterocycles. The number of pyridine rings is 1. The van der Waals surface area contributed by atoms with Gasteiger partial charge in [0.15, 0.2) is 0 Å². The van der Waals surface area contributed by atoms with Crippen molar-refractivity contribution in [3.63, 3.8) is 0 Å². The maximum atomic E-state index is 3.78. The van der Waals surface area contributed by atoms with E-state index in [1.807, 2.05) is 18.2 Å². The molecule has 0 atom stereocenters. The minimum Gasteiger partial charge on any atom is -0.265 e. The van der Waals surface area contributed by atoms with Gasteiger partial charge < -0.3 is 0 Å². The Hall–Kier alpha value is -0.410. The van der Waals surface area contributed by atoms with Crippen LogP contribution in [0.25, 0.3) is 0 Å². The van der Waals surface area contributed by atoms with Gasteiger partial charge in [-0.25, -0.2) is 3.93 Å². The Morgan fingerprint density at radius 2 is 1.54 bits per heavy atom. The highest BCUT2D eigenvalue weighted by Crippen LogP contribution is 2.10. The Labute approximate surface area is 88.3 Å². The minimum absolute atomic E-state index is 1.24. The van der Waals surface area contributed by atoms with E-state index in [0.717, 1.165) is 0 Å². The summed E-state index contributed by atoms with van der Waals surface area (Å²) < 4.78 is 2.20. The number of piperidine rings is 1. The fraction of sp³-hybridized carbons (Fsp3) is 0.500. The number of hydrogen-bond acceptors (Lipinski definition) is 2. The molecule has 1 aromatic rings. The van der Waals surface area contributed by atoms with Gasteiger partial charge >= 0.3 is 0 Å². The Morgan fingerprint density at radius 3 is 1.77 bits per heavy atom. The van der Waals surface area contributed by atoms with Crippen LogP contribution in [0.5, 0.6) is 0 Å². The summed E-state index contributed by atoms with van der Waals surface area (Å²) in [6.45, 7) is 2.47. The second-order valence-corrected chi connectivity index (χ2v) is 4.00. The lowest BCUT2D eigenvalue weighted by Crippen LogP contribution is -2.18. The predicted octanol–water partition coefficient (Wildman–Crippen LogP) is 2.86. The molecule has 1 aliphatic heterocycles. The minimum atomic E-state index is 1.24. The van der Waals surface area contributed by atoms with Crippen molar-refractivity contribution in [2.75, 3.05) is 13.1 Å². The van der Waals surface area contributed by atoms with Crippen LogP contribution in [0.2, 0.25) is 0 Å². The number of hydrogen-bond donors (Lipinski definition) is 0. The molecule has 1 aromatic heterocycles. The third-order valence-corrected chi connectivity index (χ3v) is 2.58. The first kappa shape index (κ1) is 10.7. The van der Waals surface area contributed by atoms with Gasteiger partial charge in [-0.2, -0.15) is 0 Å². The topological polar surface area (TPSA) is 16.1 Å². The molecule has 3 heteroatoms. The van der Waals surface area contributed by atoms with E-state index in [0.29, 0.717) is 0 Å². The van der Waals surface area contributed by atoms with Gasteiger partial charge in [0, 0.05) is 41.6 Å². The molecule has 2 rings (SSSR count). The molecular weight excluding hydrogens is 228 g/mol. The molecule has 0 bridgehead atoms. The van der Waals surface area contributed by atoms with E-state index in [1.165, 1.54) is 32.4 Å². The second-order valence-electron chi connectivity index (χ2n) is 3.00. The molecule has 1 fully saturated rings. The van der Waals surface area contributed by atoms with Crippen LogP contribution in [-0.4, -0.2) is 22.0 Å². The van der Waals surface area contributed by atoms with Crippen LogP contribution in [0.1, 0.15) is 19.3 Å². The molecule has 13 heavy (non-hydrogen) atoms. The summed E-state index contributed by atoms with van der Waals surface area (Å²) in [7, 11) is 0. The smallest absolute Gasteiger partial charge is 0.0267 e. The van der Waals surface area contributed by atoms with Crippen molar-refractivity contribution in [3.05, 3.63) is 30.6 Å². The molecule has 0 saturated carbocycles. The summed E-state index contributed by atoms with van der Waals surface area (Å²) in [6.07, 6.45) is 7.65. The number of rotatable bonds is 0. The maximum absolute atomic E-state index is 3.78. The molecule has 0 spiro atoms. The van der Waals surface area contributed by atoms with E-state index in [9.17, 15) is 0 Å². The van der Waals surface area contributed by atoms with Gasteiger partial charge in [0.2, 0.25) is 0 Å². The largest absolute Gasteiger partial charge is 0.265 e. The first-order valence-corrected chi connectivity index (χ1v) is 5.36. The molecule has 0 aliphatic carbocycles. The van der Waals surface area contributed by atoms with Crippen LogP contribution in [0.15, 0.2) is 30.6 Å². The van der Waals surface area contributed by atoms with E-state index in [4.69, 9.17) is 0 Å². The average Bonchev–Trinajstić information content (AvgIpc) is 2.22. The quantitative estimate of drug-likeness (QED) is 0.651. The zero-order valence-electron chi connectivity index (χ0n) is 7.69. The van der Waals surface area contributed by atoms with E-state index in [-0.39, 0.29) is 0 Å². The van der Waals surface area contributed by atoms with Gasteiger partial charge in [-0.3, -0.25) is 4.98 Å². The van der Waals surface area contributed by atoms with Crippen molar-refractivity contribution >= 4 is 16.1 Å². The molecule has 0 radical (unpaired) electrons. The first-order valence-electron chi connectivity index (χ1n) is 4.65. The van der Waals surface area contributed by atoms with Gasteiger partial charge in [-0.1, -0.05) is 12.5 Å². The van der Waals surface area contributed by atoms with Crippen molar-refractivity contribution in [2.24, 2.45) is 0 Å². The van der Waals surface area contributed by atoms with E-state index in [1.54, 1.807) is 12.4 Å². The Balaban J connectivity index is 0.000000132. The summed E-state index contributed by atoms with van der Waals surface area (Å²) in [5.41, 5.74) is 0. The van der Waals surface area contributed by atoms with Gasteiger partial charge in [0.25, 0.3) is 0 Å². The van der Waals surface area contributed by atoms with Crippen LogP contribution in [-0.2, 0) is 0 Å². The summed E-state index contributed by atoms with van der Waals surface area (Å²) in [5.74, 6) is 0. The molecule has 2 nitrogen and oxygen atoms in total. The molecule has 2 heterocycles. The van der Waals surface area contributed by atoms with Gasteiger partial charge in [-0.15, -0.1) is 0 Å². The lowest BCUT2D eigenvalue weighted by atomic mass is 10.2. The van der Waals surface area contributed by atoms with E-state index >= 15 is 0 Å². The highest BCUT2D eigenvalue weighted by atomic mass is 79.9. The molecule has 0 N–H and O–H groups in total. The zero-order valence-corrected chi connectivity index (χ0v) is 9.28. The highest BCUT2D eigenvalue weighted by molar-refractivity contribution is 9.07. The number of aromatic nitrogens is 1. The van der Waals surface area contributed by atoms with Gasteiger partial charge in [0.1, 0.15) is 0 Å². The summed E-state index contributed by atoms with van der Waals surface area (Å²) in [4.78, 5) is 3.78. The molecule has 0 unspecified atom stereocenters. The molecule has 72 valence electrons. The predicted molar refractivity (Wildman–Crippen MR) is 58.6 cm³/mol. The Bertz CT molecular complexity index is 171. The summed E-state index contributed by atoms with van der Waals surface area (Å²) in [5, 5.41) is 0. The SMILES string of the molecule is BrN1CCCCC1.c1ccncc1. The molecule has 1 aliphatic rings. The van der Waals surface area contributed by atoms with Crippen molar-refractivity contribution in [2.45, 2.75) is 19.3 Å². The molecular formula is C10H15BrN2. The van der Waals surface area contributed by atoms with Crippen LogP contribution >= 0.6 is 16.1 Å². The highest BCUT2D eigenvalue weighted by Gasteiger charge is 2.04. The fourth-order valence-corrected chi connectivity index (χ4v) is 1.67. The molecule has 0 amide bonds. The Morgan fingerprint density at radius 1 is 0.923 bits per heavy atom. The zero-order chi connectivity index (χ0) is 9.36. The van der Waals surface area contributed by atoms with Crippen LogP contribution < -0.4 is 0 Å². The summed E-state index contributed by atoms with van der Waals surface area (Å²) in [6, 6.07) is 5.72. The Kier molecular flexibility index (Phi) is 5.78. The monoisotopic (exact) mass is 242 g/mol. The summed E-state index contributed by atoms with van der Waals surface area (Å²) >= 11 is 3.42. The maximum Gasteiger partial charge on any atom is 0.0267 e. The van der Waals surface area contributed by atoms with Crippen molar-refractivity contribution < 1.29 is 0 Å². The second kappa shape index (κ2) is 7.04. The standard InChI is InChI=1S/C5H10BrN.C5H5N/c6-7-4-2-1-3-5-7;1-2-4-6-5-3-1/h1-5H2;1-5H. The average molecular weight is 243 g/mol. The molecule has 0 aromatic carbocycles. The van der Waals surface area contributed by atoms with Crippen LogP contribution in [0, 0.1) is 0 Å². The third kappa shape index (κ3) is 5.77. The number of nitrogens with zero attached hydrogens (tertiary/aromatic N) is 2. The van der Waals surface area contributed by atoms with Crippen molar-refractivity contribution in [3.8, 4) is 0 Å². The lowest BCUT2D eigenvalue weighted by Gasteiger charge is -2.18. The normalized spacial score (nSPS) is 17.3. The third-order valence-electron chi connectivity index (χ3n) is 1.87.